The first-order valence-corrected chi connectivity index (χ1v) is 3.25. The monoisotopic (exact) mass is 152 g/mol. The molecule has 58 valence electrons. The molecule has 0 fully saturated rings. The van der Waals surface area contributed by atoms with Crippen molar-refractivity contribution in [2.75, 3.05) is 5.73 Å². The molecule has 0 saturated heterocycles. The molecule has 0 aliphatic rings. The molecule has 2 N–H and O–H groups in total. The predicted molar refractivity (Wildman–Crippen MR) is 42.5 cm³/mol. The number of hydrogen-bond acceptors (Lipinski definition) is 2. The fourth-order valence-corrected chi connectivity index (χ4v) is 0.830. The molecule has 3 heteroatoms. The minimum absolute atomic E-state index is 0.241. The molecule has 2 nitrogen and oxygen atoms in total. The van der Waals surface area contributed by atoms with E-state index in [0.717, 1.165) is 0 Å². The molecule has 0 aliphatic carbocycles. The summed E-state index contributed by atoms with van der Waals surface area (Å²) in [5, 5.41) is 0. The maximum atomic E-state index is 12.9. The van der Waals surface area contributed by atoms with Crippen molar-refractivity contribution in [3.8, 4) is 0 Å². The SMILES string of the molecule is C=CCc1c(F)ccnc1N. The summed E-state index contributed by atoms with van der Waals surface area (Å²) in [5.74, 6) is -0.0812. The number of anilines is 1. The van der Waals surface area contributed by atoms with Gasteiger partial charge in [0.15, 0.2) is 0 Å². The van der Waals surface area contributed by atoms with Crippen molar-refractivity contribution in [3.63, 3.8) is 0 Å². The van der Waals surface area contributed by atoms with Crippen molar-refractivity contribution in [3.05, 3.63) is 36.3 Å². The third-order valence-electron chi connectivity index (χ3n) is 1.38. The van der Waals surface area contributed by atoms with Crippen LogP contribution in [0.5, 0.6) is 0 Å². The molecule has 0 bridgehead atoms. The second-order valence-corrected chi connectivity index (χ2v) is 2.15. The van der Waals surface area contributed by atoms with Crippen molar-refractivity contribution < 1.29 is 4.39 Å². The summed E-state index contributed by atoms with van der Waals surface area (Å²) >= 11 is 0. The van der Waals surface area contributed by atoms with Gasteiger partial charge in [0.1, 0.15) is 11.6 Å². The molecule has 0 atom stereocenters. The summed E-state index contributed by atoms with van der Waals surface area (Å²) in [5.41, 5.74) is 5.83. The Morgan fingerprint density at radius 2 is 2.45 bits per heavy atom. The van der Waals surface area contributed by atoms with Crippen LogP contribution in [0.25, 0.3) is 0 Å². The van der Waals surface area contributed by atoms with E-state index in [4.69, 9.17) is 5.73 Å². The minimum Gasteiger partial charge on any atom is -0.383 e. The third kappa shape index (κ3) is 1.55. The first kappa shape index (κ1) is 7.72. The van der Waals surface area contributed by atoms with Gasteiger partial charge in [-0.25, -0.2) is 9.37 Å². The van der Waals surface area contributed by atoms with Gasteiger partial charge < -0.3 is 5.73 Å². The molecule has 0 radical (unpaired) electrons. The lowest BCUT2D eigenvalue weighted by Crippen LogP contribution is -1.99. The van der Waals surface area contributed by atoms with Crippen LogP contribution in [0.4, 0.5) is 10.2 Å². The van der Waals surface area contributed by atoms with E-state index < -0.39 is 0 Å². The Bertz CT molecular complexity index is 251. The van der Waals surface area contributed by atoms with Crippen molar-refractivity contribution in [2.24, 2.45) is 0 Å². The van der Waals surface area contributed by atoms with E-state index in [0.29, 0.717) is 12.0 Å². The number of nitrogen functional groups attached to an aromatic ring is 1. The minimum atomic E-state index is -0.322. The van der Waals surface area contributed by atoms with Gasteiger partial charge in [-0.15, -0.1) is 6.58 Å². The van der Waals surface area contributed by atoms with Crippen LogP contribution in [0.1, 0.15) is 5.56 Å². The Hall–Kier alpha value is -1.38. The first-order chi connectivity index (χ1) is 5.25. The van der Waals surface area contributed by atoms with Gasteiger partial charge in [-0.2, -0.15) is 0 Å². The van der Waals surface area contributed by atoms with Crippen LogP contribution in [0.2, 0.25) is 0 Å². The number of allylic oxidation sites excluding steroid dienone is 1. The topological polar surface area (TPSA) is 38.9 Å². The number of pyridine rings is 1. The largest absolute Gasteiger partial charge is 0.383 e. The maximum absolute atomic E-state index is 12.9. The Labute approximate surface area is 64.6 Å². The van der Waals surface area contributed by atoms with Gasteiger partial charge in [-0.1, -0.05) is 6.08 Å². The molecule has 1 aromatic rings. The number of rotatable bonds is 2. The van der Waals surface area contributed by atoms with E-state index in [2.05, 4.69) is 11.6 Å². The fourth-order valence-electron chi connectivity index (χ4n) is 0.830. The van der Waals surface area contributed by atoms with Crippen LogP contribution in [0.3, 0.4) is 0 Å². The van der Waals surface area contributed by atoms with Crippen LogP contribution in [-0.2, 0) is 6.42 Å². The second-order valence-electron chi connectivity index (χ2n) is 2.15. The summed E-state index contributed by atoms with van der Waals surface area (Å²) in [6, 6.07) is 1.29. The van der Waals surface area contributed by atoms with Gasteiger partial charge in [0.25, 0.3) is 0 Å². The van der Waals surface area contributed by atoms with Gasteiger partial charge in [0, 0.05) is 11.8 Å². The smallest absolute Gasteiger partial charge is 0.131 e. The molecular formula is C8H9FN2. The average molecular weight is 152 g/mol. The van der Waals surface area contributed by atoms with Gasteiger partial charge >= 0.3 is 0 Å². The number of aromatic nitrogens is 1. The van der Waals surface area contributed by atoms with Gasteiger partial charge in [0.05, 0.1) is 0 Å². The first-order valence-electron chi connectivity index (χ1n) is 3.25. The van der Waals surface area contributed by atoms with Crippen LogP contribution in [0.15, 0.2) is 24.9 Å². The zero-order chi connectivity index (χ0) is 8.27. The van der Waals surface area contributed by atoms with E-state index in [1.807, 2.05) is 0 Å². The number of nitrogens with zero attached hydrogens (tertiary/aromatic N) is 1. The summed E-state index contributed by atoms with van der Waals surface area (Å²) in [6.45, 7) is 3.49. The highest BCUT2D eigenvalue weighted by molar-refractivity contribution is 5.40. The molecule has 0 aliphatic heterocycles. The molecule has 1 aromatic heterocycles. The third-order valence-corrected chi connectivity index (χ3v) is 1.38. The van der Waals surface area contributed by atoms with E-state index in [1.54, 1.807) is 6.08 Å². The second kappa shape index (κ2) is 3.14. The molecule has 0 amide bonds. The number of hydrogen-bond donors (Lipinski definition) is 1. The fraction of sp³-hybridized carbons (Fsp3) is 0.125. The normalized spacial score (nSPS) is 9.55. The Morgan fingerprint density at radius 3 is 3.00 bits per heavy atom. The number of halogens is 1. The molecule has 0 spiro atoms. The lowest BCUT2D eigenvalue weighted by Gasteiger charge is -2.01. The van der Waals surface area contributed by atoms with Crippen molar-refractivity contribution in [2.45, 2.75) is 6.42 Å². The Kier molecular flexibility index (Phi) is 2.21. The van der Waals surface area contributed by atoms with Gasteiger partial charge in [0.2, 0.25) is 0 Å². The highest BCUT2D eigenvalue weighted by Gasteiger charge is 2.03. The van der Waals surface area contributed by atoms with E-state index in [9.17, 15) is 4.39 Å². The van der Waals surface area contributed by atoms with Gasteiger partial charge in [-0.05, 0) is 12.5 Å². The van der Waals surface area contributed by atoms with Crippen LogP contribution in [-0.4, -0.2) is 4.98 Å². The van der Waals surface area contributed by atoms with E-state index in [-0.39, 0.29) is 11.6 Å². The molecule has 0 saturated carbocycles. The zero-order valence-electron chi connectivity index (χ0n) is 6.05. The van der Waals surface area contributed by atoms with Crippen molar-refractivity contribution >= 4 is 5.82 Å². The number of nitrogens with two attached hydrogens (primary N) is 1. The lowest BCUT2D eigenvalue weighted by atomic mass is 10.2. The van der Waals surface area contributed by atoms with Crippen molar-refractivity contribution in [1.29, 1.82) is 0 Å². The lowest BCUT2D eigenvalue weighted by molar-refractivity contribution is 0.613. The molecule has 1 rings (SSSR count). The maximum Gasteiger partial charge on any atom is 0.131 e. The highest BCUT2D eigenvalue weighted by atomic mass is 19.1. The Morgan fingerprint density at radius 1 is 1.73 bits per heavy atom. The summed E-state index contributed by atoms with van der Waals surface area (Å²) in [4.78, 5) is 3.75. The summed E-state index contributed by atoms with van der Waals surface area (Å²) in [6.07, 6.45) is 3.36. The molecular weight excluding hydrogens is 143 g/mol. The Balaban J connectivity index is 3.09. The molecule has 1 heterocycles. The van der Waals surface area contributed by atoms with Gasteiger partial charge in [-0.3, -0.25) is 0 Å². The van der Waals surface area contributed by atoms with E-state index >= 15 is 0 Å². The van der Waals surface area contributed by atoms with Crippen LogP contribution >= 0.6 is 0 Å². The quantitative estimate of drug-likeness (QED) is 0.653. The highest BCUT2D eigenvalue weighted by Crippen LogP contribution is 2.12. The zero-order valence-corrected chi connectivity index (χ0v) is 6.05. The van der Waals surface area contributed by atoms with E-state index in [1.165, 1.54) is 12.3 Å². The van der Waals surface area contributed by atoms with Crippen LogP contribution < -0.4 is 5.73 Å². The standard InChI is InChI=1S/C8H9FN2/c1-2-3-6-7(9)4-5-11-8(6)10/h2,4-5H,1,3H2,(H2,10,11). The molecule has 0 aromatic carbocycles. The summed E-state index contributed by atoms with van der Waals surface area (Å²) < 4.78 is 12.9. The average Bonchev–Trinajstić information content (AvgIpc) is 1.97. The van der Waals surface area contributed by atoms with Crippen molar-refractivity contribution in [1.82, 2.24) is 4.98 Å². The molecule has 11 heavy (non-hydrogen) atoms. The van der Waals surface area contributed by atoms with Crippen LogP contribution in [0, 0.1) is 5.82 Å². The summed E-state index contributed by atoms with van der Waals surface area (Å²) in [7, 11) is 0. The predicted octanol–water partition coefficient (Wildman–Crippen LogP) is 1.53. The molecule has 0 unspecified atom stereocenters.